The average Bonchev–Trinajstić information content (AvgIpc) is 3.09. The van der Waals surface area contributed by atoms with Gasteiger partial charge in [-0.25, -0.2) is 0 Å². The topological polar surface area (TPSA) is 91.0 Å². The van der Waals surface area contributed by atoms with Crippen LogP contribution >= 0.6 is 0 Å². The number of amides is 2. The van der Waals surface area contributed by atoms with Crippen LogP contribution in [-0.2, 0) is 25.7 Å². The van der Waals surface area contributed by atoms with Gasteiger partial charge in [0.2, 0.25) is 11.8 Å². The first kappa shape index (κ1) is 29.2. The van der Waals surface area contributed by atoms with Crippen LogP contribution in [-0.4, -0.2) is 57.1 Å². The van der Waals surface area contributed by atoms with Crippen LogP contribution < -0.4 is 20.4 Å². The van der Waals surface area contributed by atoms with Gasteiger partial charge in [0.05, 0.1) is 31.6 Å². The zero-order chi connectivity index (χ0) is 28.6. The highest BCUT2D eigenvalue weighted by molar-refractivity contribution is 6.07. The summed E-state index contributed by atoms with van der Waals surface area (Å²) in [5, 5.41) is 8.88. The maximum absolute atomic E-state index is 14.3. The van der Waals surface area contributed by atoms with Gasteiger partial charge in [-0.05, 0) is 67.8 Å². The largest absolute Gasteiger partial charge is 0.469 e. The number of aryl methyl sites for hydroxylation is 1. The Morgan fingerprint density at radius 2 is 1.70 bits per heavy atom. The second-order valence-corrected chi connectivity index (χ2v) is 10.4. The number of para-hydroxylation sites is 2. The number of hydrogen-bond donors (Lipinski definition) is 2. The summed E-state index contributed by atoms with van der Waals surface area (Å²) in [5.74, 6) is -0.411. The van der Waals surface area contributed by atoms with Crippen molar-refractivity contribution in [3.63, 3.8) is 0 Å². The first-order valence-corrected chi connectivity index (χ1v) is 14.0. The van der Waals surface area contributed by atoms with Gasteiger partial charge in [-0.15, -0.1) is 0 Å². The van der Waals surface area contributed by atoms with Crippen LogP contribution in [0.4, 0.5) is 11.4 Å². The lowest BCUT2D eigenvalue weighted by atomic mass is 9.99. The van der Waals surface area contributed by atoms with Gasteiger partial charge in [0.15, 0.2) is 0 Å². The number of fused-ring (bicyclic) bond motifs is 2. The summed E-state index contributed by atoms with van der Waals surface area (Å²) in [6.07, 6.45) is 1.69. The van der Waals surface area contributed by atoms with E-state index in [1.807, 2.05) is 55.3 Å². The quantitative estimate of drug-likeness (QED) is 0.276. The lowest BCUT2D eigenvalue weighted by Gasteiger charge is -2.27. The van der Waals surface area contributed by atoms with E-state index in [9.17, 15) is 14.4 Å². The minimum Gasteiger partial charge on any atom is -0.469 e. The standard InChI is InChI=1S/C32H40N4O4/c1-22-17-18-24-11-5-6-12-25(24)26(22)20-36-29-14-8-7-13-28(29)35(30(37)15-9-10-16-31(38)40-4)21-27(32(36)39)34-19-23(2)33-3/h5-8,11-14,17-18,23,27,33-34H,9-10,15-16,19-21H2,1-4H3/t23-,27-/m0/s1. The molecule has 0 saturated heterocycles. The molecule has 3 aromatic rings. The van der Waals surface area contributed by atoms with E-state index in [0.717, 1.165) is 27.6 Å². The first-order chi connectivity index (χ1) is 19.3. The molecule has 2 atom stereocenters. The zero-order valence-corrected chi connectivity index (χ0v) is 23.9. The van der Waals surface area contributed by atoms with Crippen molar-refractivity contribution in [1.29, 1.82) is 0 Å². The monoisotopic (exact) mass is 544 g/mol. The second kappa shape index (κ2) is 13.5. The summed E-state index contributed by atoms with van der Waals surface area (Å²) in [6.45, 7) is 5.32. The predicted molar refractivity (Wildman–Crippen MR) is 159 cm³/mol. The zero-order valence-electron chi connectivity index (χ0n) is 23.9. The molecule has 0 unspecified atom stereocenters. The van der Waals surface area contributed by atoms with Gasteiger partial charge in [-0.2, -0.15) is 0 Å². The van der Waals surface area contributed by atoms with E-state index >= 15 is 0 Å². The SMILES string of the molecule is CN[C@@H](C)CN[C@H]1CN(C(=O)CCCCC(=O)OC)c2ccccc2N(Cc2c(C)ccc3ccccc23)C1=O. The molecule has 8 heteroatoms. The predicted octanol–water partition coefficient (Wildman–Crippen LogP) is 4.33. The fourth-order valence-corrected chi connectivity index (χ4v) is 5.15. The van der Waals surface area contributed by atoms with E-state index in [0.29, 0.717) is 31.6 Å². The summed E-state index contributed by atoms with van der Waals surface area (Å²) in [5.41, 5.74) is 3.64. The molecule has 4 rings (SSSR count). The van der Waals surface area contributed by atoms with Crippen molar-refractivity contribution in [2.45, 2.75) is 58.2 Å². The number of likely N-dealkylation sites (N-methyl/N-ethyl adjacent to an activating group) is 1. The van der Waals surface area contributed by atoms with Crippen LogP contribution in [0.3, 0.4) is 0 Å². The minimum absolute atomic E-state index is 0.0657. The van der Waals surface area contributed by atoms with Crippen molar-refractivity contribution in [2.24, 2.45) is 0 Å². The Balaban J connectivity index is 1.70. The molecule has 8 nitrogen and oxygen atoms in total. The Morgan fingerprint density at radius 3 is 2.45 bits per heavy atom. The molecular weight excluding hydrogens is 504 g/mol. The van der Waals surface area contributed by atoms with Crippen molar-refractivity contribution in [2.75, 3.05) is 37.0 Å². The number of anilines is 2. The number of rotatable bonds is 11. The highest BCUT2D eigenvalue weighted by atomic mass is 16.5. The molecule has 0 fully saturated rings. The third-order valence-corrected chi connectivity index (χ3v) is 7.70. The molecule has 0 radical (unpaired) electrons. The van der Waals surface area contributed by atoms with Crippen LogP contribution in [0.5, 0.6) is 0 Å². The van der Waals surface area contributed by atoms with E-state index in [1.54, 1.807) is 4.90 Å². The summed E-state index contributed by atoms with van der Waals surface area (Å²) >= 11 is 0. The highest BCUT2D eigenvalue weighted by Crippen LogP contribution is 2.36. The number of nitrogens with one attached hydrogen (secondary N) is 2. The number of nitrogens with zero attached hydrogens (tertiary/aromatic N) is 2. The maximum Gasteiger partial charge on any atom is 0.305 e. The number of unbranched alkanes of at least 4 members (excludes halogenated alkanes) is 1. The molecule has 2 amide bonds. The summed E-state index contributed by atoms with van der Waals surface area (Å²) in [7, 11) is 3.25. The summed E-state index contributed by atoms with van der Waals surface area (Å²) in [6, 6.07) is 19.6. The van der Waals surface area contributed by atoms with Crippen LogP contribution in [0.25, 0.3) is 10.8 Å². The van der Waals surface area contributed by atoms with E-state index < -0.39 is 6.04 Å². The molecular formula is C32H40N4O4. The summed E-state index contributed by atoms with van der Waals surface area (Å²) in [4.78, 5) is 42.9. The fraction of sp³-hybridized carbons (Fsp3) is 0.406. The van der Waals surface area contributed by atoms with Crippen LogP contribution in [0.2, 0.25) is 0 Å². The lowest BCUT2D eigenvalue weighted by molar-refractivity contribution is -0.140. The molecule has 1 heterocycles. The number of esters is 1. The second-order valence-electron chi connectivity index (χ2n) is 10.4. The molecule has 1 aliphatic rings. The van der Waals surface area contributed by atoms with Crippen molar-refractivity contribution in [3.8, 4) is 0 Å². The Labute approximate surface area is 236 Å². The number of methoxy groups -OCH3 is 1. The van der Waals surface area contributed by atoms with E-state index in [-0.39, 0.29) is 43.2 Å². The molecule has 3 aromatic carbocycles. The molecule has 212 valence electrons. The fourth-order valence-electron chi connectivity index (χ4n) is 5.15. The molecule has 40 heavy (non-hydrogen) atoms. The molecule has 1 aliphatic heterocycles. The Bertz CT molecular complexity index is 1360. The summed E-state index contributed by atoms with van der Waals surface area (Å²) < 4.78 is 4.72. The van der Waals surface area contributed by atoms with Crippen molar-refractivity contribution in [1.82, 2.24) is 10.6 Å². The first-order valence-electron chi connectivity index (χ1n) is 14.0. The van der Waals surface area contributed by atoms with E-state index in [4.69, 9.17) is 4.74 Å². The Morgan fingerprint density at radius 1 is 1.00 bits per heavy atom. The third kappa shape index (κ3) is 6.69. The van der Waals surface area contributed by atoms with Crippen LogP contribution in [0, 0.1) is 6.92 Å². The van der Waals surface area contributed by atoms with Gasteiger partial charge in [0, 0.05) is 25.4 Å². The maximum atomic E-state index is 14.3. The van der Waals surface area contributed by atoms with Crippen molar-refractivity contribution >= 4 is 39.9 Å². The molecule has 0 aromatic heterocycles. The minimum atomic E-state index is -0.586. The number of hydrogen-bond acceptors (Lipinski definition) is 6. The lowest BCUT2D eigenvalue weighted by Crippen LogP contribution is -2.53. The van der Waals surface area contributed by atoms with E-state index in [1.165, 1.54) is 7.11 Å². The Hall–Kier alpha value is -3.75. The molecule has 2 N–H and O–H groups in total. The van der Waals surface area contributed by atoms with Gasteiger partial charge in [0.1, 0.15) is 6.04 Å². The number of benzene rings is 3. The number of carbonyl (C=O) groups is 3. The van der Waals surface area contributed by atoms with Crippen LogP contribution in [0.15, 0.2) is 60.7 Å². The molecule has 0 saturated carbocycles. The number of carbonyl (C=O) groups excluding carboxylic acids is 3. The van der Waals surface area contributed by atoms with Crippen molar-refractivity contribution in [3.05, 3.63) is 71.8 Å². The van der Waals surface area contributed by atoms with Gasteiger partial charge < -0.3 is 25.2 Å². The normalized spacial score (nSPS) is 16.0. The highest BCUT2D eigenvalue weighted by Gasteiger charge is 2.36. The smallest absolute Gasteiger partial charge is 0.305 e. The van der Waals surface area contributed by atoms with Crippen LogP contribution in [0.1, 0.15) is 43.7 Å². The van der Waals surface area contributed by atoms with Crippen molar-refractivity contribution < 1.29 is 19.1 Å². The average molecular weight is 545 g/mol. The molecule has 0 spiro atoms. The van der Waals surface area contributed by atoms with Gasteiger partial charge in [-0.3, -0.25) is 14.4 Å². The number of ether oxygens (including phenoxy) is 1. The molecule has 0 aliphatic carbocycles. The molecule has 0 bridgehead atoms. The van der Waals surface area contributed by atoms with Gasteiger partial charge in [0.25, 0.3) is 0 Å². The van der Waals surface area contributed by atoms with E-state index in [2.05, 4.69) is 41.8 Å². The van der Waals surface area contributed by atoms with Gasteiger partial charge >= 0.3 is 5.97 Å². The van der Waals surface area contributed by atoms with Gasteiger partial charge in [-0.1, -0.05) is 48.5 Å². The Kier molecular flexibility index (Phi) is 9.90. The third-order valence-electron chi connectivity index (χ3n) is 7.70.